The van der Waals surface area contributed by atoms with Crippen molar-refractivity contribution < 1.29 is 9.90 Å². The highest BCUT2D eigenvalue weighted by Crippen LogP contribution is 2.31. The maximum absolute atomic E-state index is 11.4. The lowest BCUT2D eigenvalue weighted by atomic mass is 10.2. The third kappa shape index (κ3) is 3.24. The number of aromatic amines is 1. The number of carboxylic acids is 1. The van der Waals surface area contributed by atoms with Gasteiger partial charge in [0, 0.05) is 21.1 Å². The molecule has 0 amide bonds. The Bertz CT molecular complexity index is 700. The maximum Gasteiger partial charge on any atom is 0.338 e. The van der Waals surface area contributed by atoms with Gasteiger partial charge in [-0.3, -0.25) is 4.79 Å². The number of nitrogens with zero attached hydrogens (tertiary/aromatic N) is 1. The Kier molecular flexibility index (Phi) is 4.06. The van der Waals surface area contributed by atoms with E-state index in [0.717, 1.165) is 11.8 Å². The van der Waals surface area contributed by atoms with Crippen LogP contribution in [0.2, 0.25) is 0 Å². The van der Waals surface area contributed by atoms with Gasteiger partial charge in [-0.15, -0.1) is 0 Å². The Hall–Kier alpha value is -1.60. The summed E-state index contributed by atoms with van der Waals surface area (Å²) in [6.45, 7) is 1.71. The third-order valence-corrected chi connectivity index (χ3v) is 3.85. The minimum absolute atomic E-state index is 0.150. The smallest absolute Gasteiger partial charge is 0.338 e. The van der Waals surface area contributed by atoms with Gasteiger partial charge in [0.1, 0.15) is 0 Å². The van der Waals surface area contributed by atoms with Crippen LogP contribution >= 0.6 is 27.7 Å². The molecule has 2 N–H and O–H groups in total. The van der Waals surface area contributed by atoms with Crippen molar-refractivity contribution in [2.24, 2.45) is 0 Å². The molecule has 0 saturated carbocycles. The summed E-state index contributed by atoms with van der Waals surface area (Å²) < 4.78 is 0.486. The van der Waals surface area contributed by atoms with Crippen LogP contribution in [0.5, 0.6) is 0 Å². The summed E-state index contributed by atoms with van der Waals surface area (Å²) in [4.78, 5) is 29.8. The summed E-state index contributed by atoms with van der Waals surface area (Å²) >= 11 is 4.31. The number of hydrogen-bond acceptors (Lipinski definition) is 4. The summed E-state index contributed by atoms with van der Waals surface area (Å²) in [5, 5.41) is 9.56. The second kappa shape index (κ2) is 5.58. The van der Waals surface area contributed by atoms with E-state index in [2.05, 4.69) is 25.9 Å². The topological polar surface area (TPSA) is 83.0 Å². The lowest BCUT2D eigenvalue weighted by molar-refractivity contribution is 0.0692. The van der Waals surface area contributed by atoms with Crippen molar-refractivity contribution in [2.45, 2.75) is 17.0 Å². The number of H-pyrrole nitrogens is 1. The highest BCUT2D eigenvalue weighted by Gasteiger charge is 2.15. The number of carboxylic acid groups (broad SMARTS) is 1. The number of aromatic carboxylic acids is 1. The van der Waals surface area contributed by atoms with E-state index in [1.54, 1.807) is 25.1 Å². The van der Waals surface area contributed by atoms with Gasteiger partial charge in [-0.2, -0.15) is 0 Å². The molecule has 0 unspecified atom stereocenters. The molecule has 2 rings (SSSR count). The minimum atomic E-state index is -1.04. The Labute approximate surface area is 121 Å². The molecule has 0 aliphatic heterocycles. The van der Waals surface area contributed by atoms with Gasteiger partial charge >= 0.3 is 5.97 Å². The summed E-state index contributed by atoms with van der Waals surface area (Å²) in [5.74, 6) is -1.04. The first-order valence-electron chi connectivity index (χ1n) is 5.25. The van der Waals surface area contributed by atoms with Crippen LogP contribution in [-0.2, 0) is 0 Å². The van der Waals surface area contributed by atoms with Gasteiger partial charge in [0.2, 0.25) is 0 Å². The number of halogens is 1. The van der Waals surface area contributed by atoms with Gasteiger partial charge in [-0.05, 0) is 35.0 Å². The van der Waals surface area contributed by atoms with Crippen LogP contribution < -0.4 is 5.56 Å². The first-order chi connectivity index (χ1) is 8.97. The van der Waals surface area contributed by atoms with Crippen LogP contribution in [-0.4, -0.2) is 21.0 Å². The molecule has 0 aliphatic carbocycles. The Morgan fingerprint density at radius 2 is 2.21 bits per heavy atom. The van der Waals surface area contributed by atoms with Gasteiger partial charge in [-0.1, -0.05) is 17.8 Å². The fraction of sp³-hybridized carbons (Fsp3) is 0.0833. The van der Waals surface area contributed by atoms with Gasteiger partial charge < -0.3 is 10.1 Å². The monoisotopic (exact) mass is 340 g/mol. The fourth-order valence-corrected chi connectivity index (χ4v) is 3.16. The van der Waals surface area contributed by atoms with Crippen LogP contribution in [0, 0.1) is 6.92 Å². The number of aromatic nitrogens is 2. The quantitative estimate of drug-likeness (QED) is 0.839. The van der Waals surface area contributed by atoms with Crippen LogP contribution in [0.3, 0.4) is 0 Å². The molecular weight excluding hydrogens is 332 g/mol. The van der Waals surface area contributed by atoms with Gasteiger partial charge in [-0.25, -0.2) is 9.78 Å². The number of aryl methyl sites for hydroxylation is 1. The standard InChI is InChI=1S/C12H9BrN2O3S/c1-6-5-9(16)15-12(14-6)19-8-4-2-3-7(13)10(8)11(17)18/h2-5H,1H3,(H,17,18)(H,14,15,16). The minimum Gasteiger partial charge on any atom is -0.478 e. The molecule has 1 heterocycles. The molecular formula is C12H9BrN2O3S. The fourth-order valence-electron chi connectivity index (χ4n) is 1.50. The van der Waals surface area contributed by atoms with E-state index in [-0.39, 0.29) is 11.1 Å². The summed E-state index contributed by atoms with van der Waals surface area (Å²) in [6.07, 6.45) is 0. The molecule has 7 heteroatoms. The van der Waals surface area contributed by atoms with E-state index >= 15 is 0 Å². The average Bonchev–Trinajstić information content (AvgIpc) is 2.26. The summed E-state index contributed by atoms with van der Waals surface area (Å²) in [7, 11) is 0. The number of rotatable bonds is 3. The predicted molar refractivity (Wildman–Crippen MR) is 74.8 cm³/mol. The van der Waals surface area contributed by atoms with Crippen molar-refractivity contribution >= 4 is 33.7 Å². The van der Waals surface area contributed by atoms with Crippen LogP contribution in [0.15, 0.2) is 43.6 Å². The van der Waals surface area contributed by atoms with Crippen LogP contribution in [0.4, 0.5) is 0 Å². The second-order valence-corrected chi connectivity index (χ2v) is 5.60. The highest BCUT2D eigenvalue weighted by molar-refractivity contribution is 9.10. The highest BCUT2D eigenvalue weighted by atomic mass is 79.9. The van der Waals surface area contributed by atoms with E-state index in [9.17, 15) is 14.7 Å². The SMILES string of the molecule is Cc1cc(=O)[nH]c(Sc2cccc(Br)c2C(=O)O)n1. The molecule has 0 atom stereocenters. The van der Waals surface area contributed by atoms with Crippen molar-refractivity contribution in [2.75, 3.05) is 0 Å². The van der Waals surface area contributed by atoms with Crippen LogP contribution in [0.1, 0.15) is 16.1 Å². The van der Waals surface area contributed by atoms with E-state index in [0.29, 0.717) is 20.2 Å². The molecule has 2 aromatic rings. The zero-order valence-electron chi connectivity index (χ0n) is 9.81. The molecule has 98 valence electrons. The van der Waals surface area contributed by atoms with E-state index in [1.807, 2.05) is 0 Å². The van der Waals surface area contributed by atoms with Crippen molar-refractivity contribution in [3.8, 4) is 0 Å². The molecule has 5 nitrogen and oxygen atoms in total. The van der Waals surface area contributed by atoms with Crippen molar-refractivity contribution in [1.82, 2.24) is 9.97 Å². The average molecular weight is 341 g/mol. The van der Waals surface area contributed by atoms with Gasteiger partial charge in [0.05, 0.1) is 5.56 Å². The van der Waals surface area contributed by atoms with Gasteiger partial charge in [0.25, 0.3) is 5.56 Å². The van der Waals surface area contributed by atoms with E-state index in [4.69, 9.17) is 0 Å². The number of benzene rings is 1. The zero-order valence-corrected chi connectivity index (χ0v) is 12.2. The lowest BCUT2D eigenvalue weighted by Gasteiger charge is -2.07. The molecule has 0 aliphatic rings. The molecule has 0 fully saturated rings. The number of nitrogens with one attached hydrogen (secondary N) is 1. The largest absolute Gasteiger partial charge is 0.478 e. The van der Waals surface area contributed by atoms with E-state index < -0.39 is 5.97 Å². The molecule has 1 aromatic heterocycles. The van der Waals surface area contributed by atoms with E-state index in [1.165, 1.54) is 6.07 Å². The molecule has 0 spiro atoms. The summed E-state index contributed by atoms with van der Waals surface area (Å²) in [5.41, 5.74) is 0.469. The number of carbonyl (C=O) groups is 1. The normalized spacial score (nSPS) is 10.4. The zero-order chi connectivity index (χ0) is 14.0. The van der Waals surface area contributed by atoms with Crippen molar-refractivity contribution in [3.05, 3.63) is 50.3 Å². The Morgan fingerprint density at radius 1 is 1.47 bits per heavy atom. The van der Waals surface area contributed by atoms with Crippen molar-refractivity contribution in [3.63, 3.8) is 0 Å². The lowest BCUT2D eigenvalue weighted by Crippen LogP contribution is -2.08. The first kappa shape index (κ1) is 13.8. The first-order valence-corrected chi connectivity index (χ1v) is 6.86. The predicted octanol–water partition coefficient (Wildman–Crippen LogP) is 2.69. The summed E-state index contributed by atoms with van der Waals surface area (Å²) in [6, 6.07) is 6.43. The Balaban J connectivity index is 2.46. The molecule has 1 aromatic carbocycles. The van der Waals surface area contributed by atoms with Gasteiger partial charge in [0.15, 0.2) is 5.16 Å². The molecule has 0 bridgehead atoms. The van der Waals surface area contributed by atoms with Crippen molar-refractivity contribution in [1.29, 1.82) is 0 Å². The molecule has 0 saturated heterocycles. The molecule has 0 radical (unpaired) electrons. The third-order valence-electron chi connectivity index (χ3n) is 2.24. The number of hydrogen-bond donors (Lipinski definition) is 2. The second-order valence-electron chi connectivity index (χ2n) is 3.71. The molecule has 19 heavy (non-hydrogen) atoms. The van der Waals surface area contributed by atoms with Crippen LogP contribution in [0.25, 0.3) is 0 Å². The Morgan fingerprint density at radius 3 is 2.84 bits per heavy atom. The maximum atomic E-state index is 11.4.